The van der Waals surface area contributed by atoms with Gasteiger partial charge < -0.3 is 15.3 Å². The first-order valence-electron chi connectivity index (χ1n) is 9.03. The molecule has 140 valence electrons. The van der Waals surface area contributed by atoms with Gasteiger partial charge in [-0.15, -0.1) is 12.4 Å². The molecule has 0 fully saturated rings. The minimum absolute atomic E-state index is 0. The first-order chi connectivity index (χ1) is 11.0. The van der Waals surface area contributed by atoms with Crippen LogP contribution in [0.25, 0.3) is 0 Å². The number of aryl methyl sites for hydroxylation is 1. The number of aliphatic hydroxyl groups excluding tert-OH is 3. The summed E-state index contributed by atoms with van der Waals surface area (Å²) in [5, 5.41) is 28.9. The van der Waals surface area contributed by atoms with Crippen LogP contribution in [0.4, 0.5) is 0 Å². The maximum Gasteiger partial charge on any atom is 0.0797 e. The van der Waals surface area contributed by atoms with Gasteiger partial charge in [-0.25, -0.2) is 0 Å². The van der Waals surface area contributed by atoms with E-state index in [9.17, 15) is 15.3 Å². The third-order valence-electron chi connectivity index (χ3n) is 4.63. The monoisotopic (exact) mass is 358 g/mol. The highest BCUT2D eigenvalue weighted by atomic mass is 35.5. The largest absolute Gasteiger partial charge is 0.396 e. The number of halogens is 1. The zero-order valence-electron chi connectivity index (χ0n) is 15.2. The number of unbranched alkanes of at least 4 members (excludes halogenated alkanes) is 5. The SMILES string of the molecule is CCCCCCCCc1ccc(C(O)CC(C)(CO)CO)cc1.Cl. The predicted octanol–water partition coefficient (Wildman–Crippen LogP) is 4.43. The zero-order valence-corrected chi connectivity index (χ0v) is 16.0. The van der Waals surface area contributed by atoms with Crippen molar-refractivity contribution in [3.63, 3.8) is 0 Å². The van der Waals surface area contributed by atoms with Crippen molar-refractivity contribution in [3.8, 4) is 0 Å². The van der Waals surface area contributed by atoms with E-state index in [1.807, 2.05) is 12.1 Å². The van der Waals surface area contributed by atoms with Crippen molar-refractivity contribution in [1.82, 2.24) is 0 Å². The van der Waals surface area contributed by atoms with Gasteiger partial charge in [-0.05, 0) is 30.4 Å². The first kappa shape index (κ1) is 23.4. The molecule has 3 nitrogen and oxygen atoms in total. The van der Waals surface area contributed by atoms with Gasteiger partial charge in [0.25, 0.3) is 0 Å². The highest BCUT2D eigenvalue weighted by Gasteiger charge is 2.26. The van der Waals surface area contributed by atoms with E-state index < -0.39 is 11.5 Å². The Morgan fingerprint density at radius 2 is 1.46 bits per heavy atom. The molecule has 1 rings (SSSR count). The summed E-state index contributed by atoms with van der Waals surface area (Å²) in [5.41, 5.74) is 1.52. The van der Waals surface area contributed by atoms with Crippen LogP contribution in [0.1, 0.15) is 76.0 Å². The average molecular weight is 359 g/mol. The minimum atomic E-state index is -0.651. The Labute approximate surface area is 153 Å². The summed E-state index contributed by atoms with van der Waals surface area (Å²) < 4.78 is 0. The Bertz CT molecular complexity index is 415. The highest BCUT2D eigenvalue weighted by molar-refractivity contribution is 5.85. The lowest BCUT2D eigenvalue weighted by molar-refractivity contribution is 0.0186. The average Bonchev–Trinajstić information content (AvgIpc) is 2.58. The van der Waals surface area contributed by atoms with Crippen molar-refractivity contribution in [2.24, 2.45) is 5.41 Å². The molecule has 1 aromatic rings. The van der Waals surface area contributed by atoms with Crippen LogP contribution in [0, 0.1) is 5.41 Å². The summed E-state index contributed by atoms with van der Waals surface area (Å²) in [7, 11) is 0. The first-order valence-corrected chi connectivity index (χ1v) is 9.03. The molecule has 3 N–H and O–H groups in total. The smallest absolute Gasteiger partial charge is 0.0797 e. The quantitative estimate of drug-likeness (QED) is 0.484. The van der Waals surface area contributed by atoms with Crippen molar-refractivity contribution in [1.29, 1.82) is 0 Å². The van der Waals surface area contributed by atoms with E-state index in [0.717, 1.165) is 12.0 Å². The van der Waals surface area contributed by atoms with Gasteiger partial charge in [-0.1, -0.05) is 70.2 Å². The standard InChI is InChI=1S/C20H34O3.ClH/c1-3-4-5-6-7-8-9-17-10-12-18(13-11-17)19(23)14-20(2,15-21)16-22;/h10-13,19,21-23H,3-9,14-16H2,1-2H3;1H. The molecular weight excluding hydrogens is 324 g/mol. The number of aliphatic hydroxyl groups is 3. The van der Waals surface area contributed by atoms with Crippen molar-refractivity contribution < 1.29 is 15.3 Å². The second-order valence-electron chi connectivity index (χ2n) is 7.11. The molecule has 0 radical (unpaired) electrons. The maximum absolute atomic E-state index is 10.3. The van der Waals surface area contributed by atoms with Gasteiger partial charge in [-0.2, -0.15) is 0 Å². The van der Waals surface area contributed by atoms with Gasteiger partial charge in [0.2, 0.25) is 0 Å². The van der Waals surface area contributed by atoms with Crippen molar-refractivity contribution in [2.75, 3.05) is 13.2 Å². The molecule has 0 spiro atoms. The summed E-state index contributed by atoms with van der Waals surface area (Å²) in [6.45, 7) is 3.76. The molecule has 0 saturated carbocycles. The Morgan fingerprint density at radius 3 is 2.00 bits per heavy atom. The molecule has 1 unspecified atom stereocenters. The summed E-state index contributed by atoms with van der Waals surface area (Å²) in [6.07, 6.45) is 8.60. The van der Waals surface area contributed by atoms with Crippen LogP contribution >= 0.6 is 12.4 Å². The van der Waals surface area contributed by atoms with E-state index in [0.29, 0.717) is 6.42 Å². The zero-order chi connectivity index (χ0) is 17.1. The predicted molar refractivity (Wildman–Crippen MR) is 103 cm³/mol. The highest BCUT2D eigenvalue weighted by Crippen LogP contribution is 2.29. The Morgan fingerprint density at radius 1 is 0.917 bits per heavy atom. The molecule has 4 heteroatoms. The van der Waals surface area contributed by atoms with Crippen LogP contribution in [0.15, 0.2) is 24.3 Å². The van der Waals surface area contributed by atoms with E-state index >= 15 is 0 Å². The molecule has 24 heavy (non-hydrogen) atoms. The van der Waals surface area contributed by atoms with E-state index in [1.54, 1.807) is 6.92 Å². The Balaban J connectivity index is 0.00000529. The third-order valence-corrected chi connectivity index (χ3v) is 4.63. The Kier molecular flexibility index (Phi) is 12.4. The maximum atomic E-state index is 10.3. The molecule has 0 aliphatic carbocycles. The van der Waals surface area contributed by atoms with Gasteiger partial charge in [0.05, 0.1) is 19.3 Å². The molecular formula is C20H35ClO3. The van der Waals surface area contributed by atoms with E-state index in [1.165, 1.54) is 44.1 Å². The minimum Gasteiger partial charge on any atom is -0.396 e. The van der Waals surface area contributed by atoms with Crippen LogP contribution in [0.2, 0.25) is 0 Å². The van der Waals surface area contributed by atoms with Gasteiger partial charge in [0.1, 0.15) is 0 Å². The lowest BCUT2D eigenvalue weighted by Gasteiger charge is -2.27. The summed E-state index contributed by atoms with van der Waals surface area (Å²) in [6, 6.07) is 8.10. The van der Waals surface area contributed by atoms with Crippen molar-refractivity contribution in [2.45, 2.75) is 71.3 Å². The molecule has 0 heterocycles. The molecule has 0 aliphatic heterocycles. The van der Waals surface area contributed by atoms with Crippen molar-refractivity contribution >= 4 is 12.4 Å². The molecule has 0 saturated heterocycles. The Hall–Kier alpha value is -0.610. The molecule has 0 aliphatic rings. The van der Waals surface area contributed by atoms with Gasteiger partial charge in [0, 0.05) is 5.41 Å². The van der Waals surface area contributed by atoms with E-state index in [2.05, 4.69) is 19.1 Å². The molecule has 1 aromatic carbocycles. The summed E-state index contributed by atoms with van der Waals surface area (Å²) in [4.78, 5) is 0. The lowest BCUT2D eigenvalue weighted by Crippen LogP contribution is -2.28. The fourth-order valence-electron chi connectivity index (χ4n) is 2.78. The second kappa shape index (κ2) is 12.7. The van der Waals surface area contributed by atoms with Gasteiger partial charge >= 0.3 is 0 Å². The van der Waals surface area contributed by atoms with E-state index in [4.69, 9.17) is 0 Å². The fraction of sp³-hybridized carbons (Fsp3) is 0.700. The molecule has 1 atom stereocenters. The second-order valence-corrected chi connectivity index (χ2v) is 7.11. The number of benzene rings is 1. The van der Waals surface area contributed by atoms with E-state index in [-0.39, 0.29) is 25.6 Å². The third kappa shape index (κ3) is 8.48. The van der Waals surface area contributed by atoms with Crippen LogP contribution in [0.5, 0.6) is 0 Å². The molecule has 0 bridgehead atoms. The number of hydrogen-bond donors (Lipinski definition) is 3. The lowest BCUT2D eigenvalue weighted by atomic mass is 9.84. The summed E-state index contributed by atoms with van der Waals surface area (Å²) in [5.74, 6) is 0. The number of rotatable bonds is 12. The summed E-state index contributed by atoms with van der Waals surface area (Å²) >= 11 is 0. The van der Waals surface area contributed by atoms with Crippen LogP contribution in [-0.4, -0.2) is 28.5 Å². The van der Waals surface area contributed by atoms with Crippen LogP contribution < -0.4 is 0 Å². The van der Waals surface area contributed by atoms with Crippen molar-refractivity contribution in [3.05, 3.63) is 35.4 Å². The number of hydrogen-bond acceptors (Lipinski definition) is 3. The van der Waals surface area contributed by atoms with Crippen LogP contribution in [0.3, 0.4) is 0 Å². The normalized spacial score (nSPS) is 12.7. The molecule has 0 amide bonds. The molecule has 0 aromatic heterocycles. The topological polar surface area (TPSA) is 60.7 Å². The van der Waals surface area contributed by atoms with Gasteiger partial charge in [0.15, 0.2) is 0 Å². The fourth-order valence-corrected chi connectivity index (χ4v) is 2.78. The van der Waals surface area contributed by atoms with Gasteiger partial charge in [-0.3, -0.25) is 0 Å². The van der Waals surface area contributed by atoms with Crippen LogP contribution in [-0.2, 0) is 6.42 Å².